The Labute approximate surface area is 173 Å². The lowest BCUT2D eigenvalue weighted by Crippen LogP contribution is -2.49. The van der Waals surface area contributed by atoms with Gasteiger partial charge in [0.2, 0.25) is 10.0 Å². The number of sulfonamides is 1. The minimum Gasteiger partial charge on any atom is -0.368 e. The molecule has 1 fully saturated rings. The number of carbonyl (C=O) groups is 1. The van der Waals surface area contributed by atoms with E-state index in [4.69, 9.17) is 0 Å². The van der Waals surface area contributed by atoms with Crippen molar-refractivity contribution in [1.82, 2.24) is 9.62 Å². The van der Waals surface area contributed by atoms with Crippen LogP contribution in [0.3, 0.4) is 0 Å². The third kappa shape index (κ3) is 5.16. The van der Waals surface area contributed by atoms with Crippen molar-refractivity contribution >= 4 is 21.6 Å². The van der Waals surface area contributed by atoms with E-state index in [1.807, 2.05) is 25.1 Å². The summed E-state index contributed by atoms with van der Waals surface area (Å²) in [5, 5.41) is 0. The Morgan fingerprint density at radius 3 is 2.17 bits per heavy atom. The first-order chi connectivity index (χ1) is 13.6. The van der Waals surface area contributed by atoms with Gasteiger partial charge in [-0.25, -0.2) is 13.1 Å². The molecule has 0 radical (unpaired) electrons. The zero-order chi connectivity index (χ0) is 21.2. The van der Waals surface area contributed by atoms with Gasteiger partial charge >= 0.3 is 0 Å². The average Bonchev–Trinajstić information content (AvgIpc) is 2.66. The Bertz CT molecular complexity index is 974. The fourth-order valence-corrected chi connectivity index (χ4v) is 4.88. The van der Waals surface area contributed by atoms with E-state index < -0.39 is 15.6 Å². The average molecular weight is 416 g/mol. The summed E-state index contributed by atoms with van der Waals surface area (Å²) in [6.45, 7) is 9.90. The molecule has 0 saturated carbocycles. The number of carbonyl (C=O) groups excluding carboxylic acids is 1. The molecular weight excluding hydrogens is 386 g/mol. The van der Waals surface area contributed by atoms with Gasteiger partial charge in [-0.1, -0.05) is 24.3 Å². The molecule has 1 aliphatic heterocycles. The van der Waals surface area contributed by atoms with Crippen LogP contribution in [0.4, 0.5) is 5.69 Å². The highest BCUT2D eigenvalue weighted by Crippen LogP contribution is 2.21. The normalized spacial score (nSPS) is 15.4. The number of para-hydroxylation sites is 1. The smallest absolute Gasteiger partial charge is 0.254 e. The van der Waals surface area contributed by atoms with Crippen LogP contribution in [0.1, 0.15) is 36.7 Å². The monoisotopic (exact) mass is 415 g/mol. The fourth-order valence-electron chi connectivity index (χ4n) is 3.44. The summed E-state index contributed by atoms with van der Waals surface area (Å²) < 4.78 is 28.0. The number of nitrogens with one attached hydrogen (secondary N) is 1. The van der Waals surface area contributed by atoms with Gasteiger partial charge < -0.3 is 9.80 Å². The minimum atomic E-state index is -3.70. The summed E-state index contributed by atoms with van der Waals surface area (Å²) in [5.41, 5.74) is 1.77. The number of piperazine rings is 1. The minimum absolute atomic E-state index is 0.115. The topological polar surface area (TPSA) is 69.7 Å². The summed E-state index contributed by atoms with van der Waals surface area (Å²) in [6.07, 6.45) is 0. The molecule has 7 heteroatoms. The largest absolute Gasteiger partial charge is 0.368 e. The van der Waals surface area contributed by atoms with E-state index in [1.165, 1.54) is 6.07 Å². The number of hydrogen-bond acceptors (Lipinski definition) is 4. The Hall–Kier alpha value is -2.38. The van der Waals surface area contributed by atoms with Crippen LogP contribution in [0.15, 0.2) is 53.4 Å². The summed E-state index contributed by atoms with van der Waals surface area (Å²) in [6, 6.07) is 14.9. The molecule has 0 unspecified atom stereocenters. The fraction of sp³-hybridized carbons (Fsp3) is 0.409. The molecule has 156 valence electrons. The molecule has 1 aliphatic rings. The van der Waals surface area contributed by atoms with Crippen molar-refractivity contribution in [2.75, 3.05) is 31.1 Å². The van der Waals surface area contributed by atoms with Crippen LogP contribution in [0.5, 0.6) is 0 Å². The number of amides is 1. The molecule has 0 atom stereocenters. The first-order valence-corrected chi connectivity index (χ1v) is 11.3. The van der Waals surface area contributed by atoms with Crippen molar-refractivity contribution < 1.29 is 13.2 Å². The van der Waals surface area contributed by atoms with Crippen molar-refractivity contribution in [3.63, 3.8) is 0 Å². The van der Waals surface area contributed by atoms with Crippen LogP contribution in [-0.4, -0.2) is 50.9 Å². The van der Waals surface area contributed by atoms with E-state index in [2.05, 4.69) is 21.8 Å². The third-order valence-electron chi connectivity index (χ3n) is 4.88. The number of nitrogens with zero attached hydrogens (tertiary/aromatic N) is 2. The maximum absolute atomic E-state index is 13.1. The van der Waals surface area contributed by atoms with Gasteiger partial charge in [0, 0.05) is 43.0 Å². The SMILES string of the molecule is Cc1ccc(S(=O)(=O)NC(C)(C)C)cc1C(=O)N1CCN(c2ccccc2)CC1. The summed E-state index contributed by atoms with van der Waals surface area (Å²) in [7, 11) is -3.70. The predicted octanol–water partition coefficient (Wildman–Crippen LogP) is 3.03. The lowest BCUT2D eigenvalue weighted by Gasteiger charge is -2.36. The van der Waals surface area contributed by atoms with Crippen LogP contribution in [-0.2, 0) is 10.0 Å². The molecular formula is C22H29N3O3S. The predicted molar refractivity (Wildman–Crippen MR) is 116 cm³/mol. The van der Waals surface area contributed by atoms with E-state index in [1.54, 1.807) is 37.8 Å². The van der Waals surface area contributed by atoms with Gasteiger partial charge in [-0.05, 0) is 57.5 Å². The second kappa shape index (κ2) is 8.16. The molecule has 6 nitrogen and oxygen atoms in total. The zero-order valence-corrected chi connectivity index (χ0v) is 18.3. The molecule has 0 bridgehead atoms. The van der Waals surface area contributed by atoms with Crippen LogP contribution in [0, 0.1) is 6.92 Å². The summed E-state index contributed by atoms with van der Waals surface area (Å²) in [5.74, 6) is -0.122. The van der Waals surface area contributed by atoms with Crippen LogP contribution in [0.25, 0.3) is 0 Å². The maximum Gasteiger partial charge on any atom is 0.254 e. The molecule has 3 rings (SSSR count). The van der Waals surface area contributed by atoms with Crippen LogP contribution < -0.4 is 9.62 Å². The van der Waals surface area contributed by atoms with Crippen molar-refractivity contribution in [3.8, 4) is 0 Å². The van der Waals surface area contributed by atoms with E-state index in [9.17, 15) is 13.2 Å². The summed E-state index contributed by atoms with van der Waals surface area (Å²) >= 11 is 0. The van der Waals surface area contributed by atoms with Crippen molar-refractivity contribution in [2.24, 2.45) is 0 Å². The van der Waals surface area contributed by atoms with E-state index >= 15 is 0 Å². The van der Waals surface area contributed by atoms with Crippen LogP contribution in [0.2, 0.25) is 0 Å². The summed E-state index contributed by atoms with van der Waals surface area (Å²) in [4.78, 5) is 17.3. The molecule has 0 aliphatic carbocycles. The second-order valence-electron chi connectivity index (χ2n) is 8.45. The Kier molecular flexibility index (Phi) is 6.00. The van der Waals surface area contributed by atoms with Crippen molar-refractivity contribution in [2.45, 2.75) is 38.1 Å². The zero-order valence-electron chi connectivity index (χ0n) is 17.5. The van der Waals surface area contributed by atoms with Gasteiger partial charge in [0.25, 0.3) is 5.91 Å². The highest BCUT2D eigenvalue weighted by molar-refractivity contribution is 7.89. The molecule has 0 aromatic heterocycles. The second-order valence-corrected chi connectivity index (χ2v) is 10.1. The van der Waals surface area contributed by atoms with Crippen LogP contribution >= 0.6 is 0 Å². The number of rotatable bonds is 4. The van der Waals surface area contributed by atoms with Gasteiger partial charge in [-0.3, -0.25) is 4.79 Å². The highest BCUT2D eigenvalue weighted by atomic mass is 32.2. The van der Waals surface area contributed by atoms with E-state index in [0.717, 1.165) is 24.3 Å². The molecule has 2 aromatic carbocycles. The highest BCUT2D eigenvalue weighted by Gasteiger charge is 2.26. The third-order valence-corrected chi connectivity index (χ3v) is 6.63. The maximum atomic E-state index is 13.1. The number of benzene rings is 2. The molecule has 2 aromatic rings. The lowest BCUT2D eigenvalue weighted by atomic mass is 10.1. The Morgan fingerprint density at radius 2 is 1.59 bits per heavy atom. The molecule has 0 spiro atoms. The number of anilines is 1. The van der Waals surface area contributed by atoms with E-state index in [-0.39, 0.29) is 10.8 Å². The first kappa shape index (κ1) is 21.3. The van der Waals surface area contributed by atoms with Gasteiger partial charge in [0.15, 0.2) is 0 Å². The van der Waals surface area contributed by atoms with Gasteiger partial charge in [0.05, 0.1) is 4.90 Å². The molecule has 1 saturated heterocycles. The lowest BCUT2D eigenvalue weighted by molar-refractivity contribution is 0.0746. The van der Waals surface area contributed by atoms with Gasteiger partial charge in [0.1, 0.15) is 0 Å². The number of aryl methyl sites for hydroxylation is 1. The van der Waals surface area contributed by atoms with Gasteiger partial charge in [-0.15, -0.1) is 0 Å². The molecule has 1 amide bonds. The van der Waals surface area contributed by atoms with E-state index in [0.29, 0.717) is 18.7 Å². The molecule has 1 N–H and O–H groups in total. The first-order valence-electron chi connectivity index (χ1n) is 9.81. The molecule has 29 heavy (non-hydrogen) atoms. The molecule has 1 heterocycles. The Morgan fingerprint density at radius 1 is 0.966 bits per heavy atom. The quantitative estimate of drug-likeness (QED) is 0.833. The van der Waals surface area contributed by atoms with Gasteiger partial charge in [-0.2, -0.15) is 0 Å². The van der Waals surface area contributed by atoms with Crippen molar-refractivity contribution in [3.05, 3.63) is 59.7 Å². The number of hydrogen-bond donors (Lipinski definition) is 1. The standard InChI is InChI=1S/C22H29N3O3S/c1-17-10-11-19(29(27,28)23-22(2,3)4)16-20(17)21(26)25-14-12-24(13-15-25)18-8-6-5-7-9-18/h5-11,16,23H,12-15H2,1-4H3. The Balaban J connectivity index is 1.76. The van der Waals surface area contributed by atoms with Crippen molar-refractivity contribution in [1.29, 1.82) is 0 Å².